The molecule has 17 heavy (non-hydrogen) atoms. The zero-order chi connectivity index (χ0) is 12.1. The lowest BCUT2D eigenvalue weighted by molar-refractivity contribution is 0.108. The van der Waals surface area contributed by atoms with Gasteiger partial charge in [0.15, 0.2) is 0 Å². The topological polar surface area (TPSA) is 64.5 Å². The van der Waals surface area contributed by atoms with Gasteiger partial charge >= 0.3 is 0 Å². The van der Waals surface area contributed by atoms with Crippen LogP contribution in [0.3, 0.4) is 0 Å². The van der Waals surface area contributed by atoms with E-state index in [1.54, 1.807) is 0 Å². The van der Waals surface area contributed by atoms with Crippen molar-refractivity contribution in [2.75, 3.05) is 51.7 Å². The number of nitrogens with zero attached hydrogens (tertiary/aromatic N) is 4. The Morgan fingerprint density at radius 1 is 1.29 bits per heavy atom. The number of hydrogen-bond donors (Lipinski definition) is 2. The van der Waals surface area contributed by atoms with Crippen molar-refractivity contribution >= 4 is 16.5 Å². The lowest BCUT2D eigenvalue weighted by Crippen LogP contribution is -2.46. The van der Waals surface area contributed by atoms with Crippen molar-refractivity contribution in [3.05, 3.63) is 5.69 Å². The quantitative estimate of drug-likeness (QED) is 0.754. The zero-order valence-corrected chi connectivity index (χ0v) is 10.9. The van der Waals surface area contributed by atoms with Gasteiger partial charge in [0.1, 0.15) is 10.7 Å². The summed E-state index contributed by atoms with van der Waals surface area (Å²) in [4.78, 5) is 4.67. The summed E-state index contributed by atoms with van der Waals surface area (Å²) in [5.74, 6) is 0. The summed E-state index contributed by atoms with van der Waals surface area (Å²) in [6.07, 6.45) is 0. The first kappa shape index (κ1) is 12.7. The van der Waals surface area contributed by atoms with Gasteiger partial charge in [-0.15, -0.1) is 5.10 Å². The van der Waals surface area contributed by atoms with Crippen molar-refractivity contribution in [1.29, 1.82) is 0 Å². The monoisotopic (exact) mass is 257 g/mol. The normalized spacial score (nSPS) is 18.5. The number of aromatic nitrogens is 2. The SMILES string of the molecule is CNc1snnc1CN1CCN(CCO)CC1. The highest BCUT2D eigenvalue weighted by Crippen LogP contribution is 2.18. The third kappa shape index (κ3) is 3.35. The molecule has 2 N–H and O–H groups in total. The highest BCUT2D eigenvalue weighted by Gasteiger charge is 2.18. The average Bonchev–Trinajstić information content (AvgIpc) is 2.79. The third-order valence-electron chi connectivity index (χ3n) is 3.04. The van der Waals surface area contributed by atoms with E-state index in [1.807, 2.05) is 7.05 Å². The molecule has 0 aliphatic carbocycles. The summed E-state index contributed by atoms with van der Waals surface area (Å²) >= 11 is 1.40. The molecule has 96 valence electrons. The van der Waals surface area contributed by atoms with E-state index < -0.39 is 0 Å². The minimum absolute atomic E-state index is 0.250. The molecule has 1 aliphatic heterocycles. The first-order valence-electron chi connectivity index (χ1n) is 5.88. The van der Waals surface area contributed by atoms with Crippen LogP contribution in [0.25, 0.3) is 0 Å². The van der Waals surface area contributed by atoms with E-state index in [0.29, 0.717) is 0 Å². The van der Waals surface area contributed by atoms with Crippen molar-refractivity contribution in [3.63, 3.8) is 0 Å². The van der Waals surface area contributed by atoms with Crippen LogP contribution in [0.1, 0.15) is 5.69 Å². The van der Waals surface area contributed by atoms with Gasteiger partial charge in [-0.2, -0.15) is 0 Å². The Balaban J connectivity index is 1.82. The van der Waals surface area contributed by atoms with Gasteiger partial charge in [-0.1, -0.05) is 4.49 Å². The molecule has 0 atom stereocenters. The number of nitrogens with one attached hydrogen (secondary N) is 1. The number of aliphatic hydroxyl groups is 1. The molecule has 0 aromatic carbocycles. The Bertz CT molecular complexity index is 337. The van der Waals surface area contributed by atoms with Gasteiger partial charge in [-0.3, -0.25) is 9.80 Å². The van der Waals surface area contributed by atoms with Crippen LogP contribution >= 0.6 is 11.5 Å². The number of piperazine rings is 1. The Hall–Kier alpha value is -0.760. The highest BCUT2D eigenvalue weighted by atomic mass is 32.1. The molecule has 7 heteroatoms. The second-order valence-electron chi connectivity index (χ2n) is 4.14. The molecule has 0 unspecified atom stereocenters. The van der Waals surface area contributed by atoms with E-state index >= 15 is 0 Å². The standard InChI is InChI=1S/C10H19N5OS/c1-11-10-9(12-13-17-10)8-15-4-2-14(3-5-15)6-7-16/h11,16H,2-8H2,1H3. The largest absolute Gasteiger partial charge is 0.395 e. The first-order chi connectivity index (χ1) is 8.33. The van der Waals surface area contributed by atoms with Crippen LogP contribution in [0.4, 0.5) is 5.00 Å². The maximum Gasteiger partial charge on any atom is 0.134 e. The van der Waals surface area contributed by atoms with Crippen molar-refractivity contribution in [1.82, 2.24) is 19.4 Å². The van der Waals surface area contributed by atoms with Crippen LogP contribution in [-0.2, 0) is 6.54 Å². The molecule has 0 amide bonds. The Morgan fingerprint density at radius 3 is 2.65 bits per heavy atom. The number of β-amino-alcohol motifs (C(OH)–C–C–N with tert-alkyl or cyclic N) is 1. The van der Waals surface area contributed by atoms with Crippen LogP contribution < -0.4 is 5.32 Å². The van der Waals surface area contributed by atoms with Crippen LogP contribution in [0.5, 0.6) is 0 Å². The number of rotatable bonds is 5. The van der Waals surface area contributed by atoms with E-state index in [0.717, 1.165) is 50.0 Å². The first-order valence-corrected chi connectivity index (χ1v) is 6.65. The molecule has 0 saturated carbocycles. The molecule has 1 fully saturated rings. The summed E-state index contributed by atoms with van der Waals surface area (Å²) in [5.41, 5.74) is 1.04. The molecule has 1 aliphatic rings. The maximum atomic E-state index is 8.88. The summed E-state index contributed by atoms with van der Waals surface area (Å²) in [6.45, 7) is 5.99. The third-order valence-corrected chi connectivity index (χ3v) is 3.82. The van der Waals surface area contributed by atoms with Gasteiger partial charge in [-0.25, -0.2) is 0 Å². The van der Waals surface area contributed by atoms with E-state index in [1.165, 1.54) is 11.5 Å². The van der Waals surface area contributed by atoms with Crippen LogP contribution in [0.2, 0.25) is 0 Å². The van der Waals surface area contributed by atoms with Crippen molar-refractivity contribution < 1.29 is 5.11 Å². The fourth-order valence-electron chi connectivity index (χ4n) is 2.03. The van der Waals surface area contributed by atoms with Crippen LogP contribution in [0.15, 0.2) is 0 Å². The molecule has 1 saturated heterocycles. The number of hydrogen-bond acceptors (Lipinski definition) is 7. The van der Waals surface area contributed by atoms with Gasteiger partial charge in [0.05, 0.1) is 6.61 Å². The second-order valence-corrected chi connectivity index (χ2v) is 4.89. The van der Waals surface area contributed by atoms with E-state index in [4.69, 9.17) is 5.11 Å². The molecule has 6 nitrogen and oxygen atoms in total. The minimum atomic E-state index is 0.250. The van der Waals surface area contributed by atoms with Crippen molar-refractivity contribution in [2.24, 2.45) is 0 Å². The van der Waals surface area contributed by atoms with Gasteiger partial charge in [0.25, 0.3) is 0 Å². The lowest BCUT2D eigenvalue weighted by Gasteiger charge is -2.33. The van der Waals surface area contributed by atoms with Gasteiger partial charge in [0, 0.05) is 57.8 Å². The molecule has 0 bridgehead atoms. The summed E-state index contributed by atoms with van der Waals surface area (Å²) < 4.78 is 3.96. The van der Waals surface area contributed by atoms with E-state index in [9.17, 15) is 0 Å². The molecular formula is C10H19N5OS. The Kier molecular flexibility index (Phi) is 4.66. The smallest absolute Gasteiger partial charge is 0.134 e. The Morgan fingerprint density at radius 2 is 2.00 bits per heavy atom. The number of aliphatic hydroxyl groups excluding tert-OH is 1. The minimum Gasteiger partial charge on any atom is -0.395 e. The average molecular weight is 257 g/mol. The van der Waals surface area contributed by atoms with E-state index in [2.05, 4.69) is 24.7 Å². The molecule has 0 spiro atoms. The molecular weight excluding hydrogens is 238 g/mol. The van der Waals surface area contributed by atoms with E-state index in [-0.39, 0.29) is 6.61 Å². The predicted octanol–water partition coefficient (Wildman–Crippen LogP) is -0.310. The molecule has 0 radical (unpaired) electrons. The fraction of sp³-hybridized carbons (Fsp3) is 0.800. The van der Waals surface area contributed by atoms with Gasteiger partial charge < -0.3 is 10.4 Å². The molecule has 1 aromatic heterocycles. The molecule has 2 heterocycles. The van der Waals surface area contributed by atoms with Gasteiger partial charge in [-0.05, 0) is 0 Å². The maximum absolute atomic E-state index is 8.88. The van der Waals surface area contributed by atoms with Crippen LogP contribution in [0, 0.1) is 0 Å². The van der Waals surface area contributed by atoms with Crippen LogP contribution in [-0.4, -0.2) is 70.9 Å². The van der Waals surface area contributed by atoms with Gasteiger partial charge in [0.2, 0.25) is 0 Å². The summed E-state index contributed by atoms with van der Waals surface area (Å²) in [7, 11) is 1.90. The molecule has 1 aromatic rings. The predicted molar refractivity (Wildman–Crippen MR) is 68.3 cm³/mol. The van der Waals surface area contributed by atoms with Crippen molar-refractivity contribution in [3.8, 4) is 0 Å². The lowest BCUT2D eigenvalue weighted by atomic mass is 10.3. The highest BCUT2D eigenvalue weighted by molar-refractivity contribution is 7.10. The van der Waals surface area contributed by atoms with Crippen molar-refractivity contribution in [2.45, 2.75) is 6.54 Å². The zero-order valence-electron chi connectivity index (χ0n) is 10.1. The number of anilines is 1. The fourth-order valence-corrected chi connectivity index (χ4v) is 2.55. The summed E-state index contributed by atoms with van der Waals surface area (Å²) in [6, 6.07) is 0. The summed E-state index contributed by atoms with van der Waals surface area (Å²) in [5, 5.41) is 17.2. The Labute approximate surface area is 105 Å². The second kappa shape index (κ2) is 6.25. The molecule has 2 rings (SSSR count).